The van der Waals surface area contributed by atoms with Gasteiger partial charge in [-0.25, -0.2) is 0 Å². The second-order valence-corrected chi connectivity index (χ2v) is 0. The van der Waals surface area contributed by atoms with Crippen molar-refractivity contribution in [1.29, 1.82) is 0 Å². The zero-order valence-electron chi connectivity index (χ0n) is 2.52. The second kappa shape index (κ2) is 17.1. The maximum Gasteiger partial charge on any atom is 3.00 e. The van der Waals surface area contributed by atoms with Crippen LogP contribution in [0.25, 0.3) is 0 Å². The minimum Gasteiger partial charge on any atom is -2.00 e. The Labute approximate surface area is 91.5 Å². The zero-order valence-corrected chi connectivity index (χ0v) is 9.89. The predicted octanol–water partition coefficient (Wildman–Crippen LogP) is -3.12. The van der Waals surface area contributed by atoms with E-state index >= 15 is 0 Å². The molecule has 0 amide bonds. The normalized spacial score (nSPS) is 0. The molecular weight excluding hydrogens is 172 g/mol. The van der Waals surface area contributed by atoms with E-state index in [1.807, 2.05) is 0 Å². The molecule has 0 heterocycles. The SMILES string of the molecule is [Cr+3].[K+].[O-2].[Zn+2]. The van der Waals surface area contributed by atoms with Gasteiger partial charge in [-0.05, 0) is 0 Å². The third-order valence-corrected chi connectivity index (χ3v) is 0. The van der Waals surface area contributed by atoms with Crippen molar-refractivity contribution in [2.45, 2.75) is 0 Å². The number of hydrogen-bond acceptors (Lipinski definition) is 0. The molecule has 0 bridgehead atoms. The van der Waals surface area contributed by atoms with E-state index < -0.39 is 0 Å². The molecule has 4 heteroatoms. The molecule has 0 aromatic carbocycles. The van der Waals surface area contributed by atoms with E-state index in [0.717, 1.165) is 0 Å². The van der Waals surface area contributed by atoms with Crippen molar-refractivity contribution in [3.8, 4) is 0 Å². The molecule has 0 aliphatic heterocycles. The van der Waals surface area contributed by atoms with E-state index in [4.69, 9.17) is 0 Å². The van der Waals surface area contributed by atoms with Gasteiger partial charge in [-0.1, -0.05) is 0 Å². The standard InChI is InChI=1S/Cr.K.O.Zn/q+3;+1;-2;+2. The van der Waals surface area contributed by atoms with Gasteiger partial charge in [0.05, 0.1) is 0 Å². The van der Waals surface area contributed by atoms with E-state index in [2.05, 4.69) is 0 Å². The molecule has 4 heavy (non-hydrogen) atoms. The summed E-state index contributed by atoms with van der Waals surface area (Å²) in [5.74, 6) is 0. The Kier molecular flexibility index (Phi) is 126. The van der Waals surface area contributed by atoms with Crippen molar-refractivity contribution in [1.82, 2.24) is 0 Å². The van der Waals surface area contributed by atoms with Crippen LogP contribution in [0.2, 0.25) is 0 Å². The van der Waals surface area contributed by atoms with Crippen LogP contribution in [0.5, 0.6) is 0 Å². The first-order valence-corrected chi connectivity index (χ1v) is 0. The third-order valence-electron chi connectivity index (χ3n) is 0. The van der Waals surface area contributed by atoms with Crippen molar-refractivity contribution in [3.05, 3.63) is 0 Å². The van der Waals surface area contributed by atoms with Crippen molar-refractivity contribution >= 4 is 0 Å². The van der Waals surface area contributed by atoms with Gasteiger partial charge in [-0.3, -0.25) is 0 Å². The van der Waals surface area contributed by atoms with Gasteiger partial charge >= 0.3 is 88.2 Å². The quantitative estimate of drug-likeness (QED) is 0.346. The summed E-state index contributed by atoms with van der Waals surface area (Å²) in [6.45, 7) is 0. The molecule has 0 saturated carbocycles. The molecule has 0 aliphatic carbocycles. The fraction of sp³-hybridized carbons (Fsp3) is 0. The van der Waals surface area contributed by atoms with Crippen LogP contribution in [0.1, 0.15) is 0 Å². The Hall–Kier alpha value is 2.75. The van der Waals surface area contributed by atoms with Gasteiger partial charge in [-0.2, -0.15) is 0 Å². The molecule has 0 aliphatic rings. The van der Waals surface area contributed by atoms with Gasteiger partial charge < -0.3 is 5.48 Å². The van der Waals surface area contributed by atoms with E-state index in [0.29, 0.717) is 0 Å². The van der Waals surface area contributed by atoms with Crippen LogP contribution in [0, 0.1) is 0 Å². The summed E-state index contributed by atoms with van der Waals surface area (Å²) >= 11 is 0. The molecule has 0 aromatic rings. The minimum atomic E-state index is 0. The van der Waals surface area contributed by atoms with Crippen LogP contribution in [0.15, 0.2) is 0 Å². The summed E-state index contributed by atoms with van der Waals surface area (Å²) in [7, 11) is 0. The van der Waals surface area contributed by atoms with Crippen LogP contribution < -0.4 is 51.4 Å². The molecule has 0 rings (SSSR count). The Morgan fingerprint density at radius 3 is 1.00 bits per heavy atom. The van der Waals surface area contributed by atoms with Crippen LogP contribution in [0.3, 0.4) is 0 Å². The molecular formula is CrKOZn+4. The molecule has 0 fully saturated rings. The van der Waals surface area contributed by atoms with Crippen molar-refractivity contribution in [3.63, 3.8) is 0 Å². The van der Waals surface area contributed by atoms with Crippen molar-refractivity contribution in [2.24, 2.45) is 0 Å². The molecule has 0 aromatic heterocycles. The van der Waals surface area contributed by atoms with Crippen LogP contribution in [-0.4, -0.2) is 0 Å². The smallest absolute Gasteiger partial charge is 2.00 e. The predicted molar refractivity (Wildman–Crippen MR) is 0.686 cm³/mol. The van der Waals surface area contributed by atoms with E-state index in [9.17, 15) is 0 Å². The maximum absolute atomic E-state index is 0. The van der Waals surface area contributed by atoms with Gasteiger partial charge in [0.2, 0.25) is 0 Å². The van der Waals surface area contributed by atoms with Crippen LogP contribution >= 0.6 is 0 Å². The summed E-state index contributed by atoms with van der Waals surface area (Å²) in [4.78, 5) is 0. The second-order valence-electron chi connectivity index (χ2n) is 0. The van der Waals surface area contributed by atoms with Gasteiger partial charge in [0.25, 0.3) is 0 Å². The molecule has 0 unspecified atom stereocenters. The molecule has 0 atom stereocenters. The minimum absolute atomic E-state index is 0. The maximum atomic E-state index is 0. The molecule has 1 radical (unpaired) electrons. The molecule has 1 nitrogen and oxygen atoms in total. The first-order valence-electron chi connectivity index (χ1n) is 0. The summed E-state index contributed by atoms with van der Waals surface area (Å²) < 4.78 is 0. The van der Waals surface area contributed by atoms with E-state index in [1.165, 1.54) is 0 Å². The fourth-order valence-electron chi connectivity index (χ4n) is 0. The summed E-state index contributed by atoms with van der Waals surface area (Å²) in [6.07, 6.45) is 0. The Bertz CT molecular complexity index is 8.00. The Balaban J connectivity index is 0. The Morgan fingerprint density at radius 2 is 1.00 bits per heavy atom. The third kappa shape index (κ3) is 8.83. The molecule has 0 N–H and O–H groups in total. The first kappa shape index (κ1) is 29.5. The summed E-state index contributed by atoms with van der Waals surface area (Å²) in [5, 5.41) is 0. The Morgan fingerprint density at radius 1 is 1.00 bits per heavy atom. The first-order chi connectivity index (χ1) is 0. The molecule has 0 spiro atoms. The number of hydrogen-bond donors (Lipinski definition) is 0. The van der Waals surface area contributed by atoms with Crippen molar-refractivity contribution < 1.29 is 93.7 Å². The summed E-state index contributed by atoms with van der Waals surface area (Å²) in [6, 6.07) is 0. The van der Waals surface area contributed by atoms with E-state index in [-0.39, 0.29) is 93.7 Å². The van der Waals surface area contributed by atoms with Crippen molar-refractivity contribution in [2.75, 3.05) is 0 Å². The monoisotopic (exact) mass is 171 g/mol. The zero-order chi connectivity index (χ0) is 0. The average Bonchev–Trinajstić information content (AvgIpc) is 0. The molecule has 0 saturated heterocycles. The van der Waals surface area contributed by atoms with Gasteiger partial charge in [0, 0.05) is 0 Å². The average molecular weight is 172 g/mol. The topological polar surface area (TPSA) is 28.5 Å². The summed E-state index contributed by atoms with van der Waals surface area (Å²) in [5.41, 5.74) is 0. The van der Waals surface area contributed by atoms with Gasteiger partial charge in [0.1, 0.15) is 0 Å². The molecule has 11 valence electrons. The van der Waals surface area contributed by atoms with Gasteiger partial charge in [0.15, 0.2) is 0 Å². The van der Waals surface area contributed by atoms with E-state index in [1.54, 1.807) is 0 Å². The van der Waals surface area contributed by atoms with Crippen LogP contribution in [0.4, 0.5) is 0 Å². The van der Waals surface area contributed by atoms with Gasteiger partial charge in [-0.15, -0.1) is 0 Å². The largest absolute Gasteiger partial charge is 3.00 e. The van der Waals surface area contributed by atoms with Crippen LogP contribution in [-0.2, 0) is 42.3 Å². The fourth-order valence-corrected chi connectivity index (χ4v) is 0. The number of rotatable bonds is 0.